The second kappa shape index (κ2) is 7.14. The predicted molar refractivity (Wildman–Crippen MR) is 88.4 cm³/mol. The molecule has 1 aromatic carbocycles. The summed E-state index contributed by atoms with van der Waals surface area (Å²) < 4.78 is 5.46. The van der Waals surface area contributed by atoms with E-state index in [2.05, 4.69) is 18.0 Å². The fourth-order valence-electron chi connectivity index (χ4n) is 4.00. The number of hydrogen-bond donors (Lipinski definition) is 0. The maximum atomic E-state index is 12.8. The van der Waals surface area contributed by atoms with E-state index in [1.807, 2.05) is 24.3 Å². The van der Waals surface area contributed by atoms with Crippen molar-refractivity contribution in [1.29, 1.82) is 5.26 Å². The van der Waals surface area contributed by atoms with E-state index in [0.717, 1.165) is 24.2 Å². The van der Waals surface area contributed by atoms with Crippen molar-refractivity contribution >= 4 is 5.78 Å². The number of Topliss-reactive ketones (excluding diaryl/α,β-unsaturated/α-hetero) is 1. The number of nitrogens with zero attached hydrogens (tertiary/aromatic N) is 2. The monoisotopic (exact) mass is 312 g/mol. The Balaban J connectivity index is 1.63. The van der Waals surface area contributed by atoms with E-state index >= 15 is 0 Å². The summed E-state index contributed by atoms with van der Waals surface area (Å²) in [5, 5.41) is 8.51. The van der Waals surface area contributed by atoms with Gasteiger partial charge in [-0.15, -0.1) is 0 Å². The highest BCUT2D eigenvalue weighted by Crippen LogP contribution is 2.37. The zero-order chi connectivity index (χ0) is 16.2. The number of carbonyl (C=O) groups excluding carboxylic acids is 1. The number of benzene rings is 1. The van der Waals surface area contributed by atoms with E-state index in [-0.39, 0.29) is 11.7 Å². The van der Waals surface area contributed by atoms with Gasteiger partial charge in [-0.3, -0.25) is 4.79 Å². The molecule has 2 aliphatic rings. The van der Waals surface area contributed by atoms with E-state index in [9.17, 15) is 4.79 Å². The van der Waals surface area contributed by atoms with Crippen LogP contribution in [0.5, 0.6) is 5.75 Å². The number of fused-ring (bicyclic) bond motifs is 2. The minimum Gasteiger partial charge on any atom is -0.493 e. The summed E-state index contributed by atoms with van der Waals surface area (Å²) in [6, 6.07) is 10.6. The van der Waals surface area contributed by atoms with Gasteiger partial charge in [0.1, 0.15) is 12.4 Å². The lowest BCUT2D eigenvalue weighted by molar-refractivity contribution is 0.0338. The second-order valence-corrected chi connectivity index (χ2v) is 6.72. The molecule has 2 unspecified atom stereocenters. The lowest BCUT2D eigenvalue weighted by Crippen LogP contribution is -2.51. The molecule has 2 aliphatic heterocycles. The first-order valence-corrected chi connectivity index (χ1v) is 8.55. The van der Waals surface area contributed by atoms with Crippen LogP contribution in [-0.4, -0.2) is 36.4 Å². The first-order valence-electron chi connectivity index (χ1n) is 8.55. The summed E-state index contributed by atoms with van der Waals surface area (Å²) in [4.78, 5) is 15.3. The van der Waals surface area contributed by atoms with Gasteiger partial charge in [-0.2, -0.15) is 5.26 Å². The number of nitriles is 1. The Bertz CT molecular complexity index is 576. The normalized spacial score (nSPS) is 27.2. The van der Waals surface area contributed by atoms with Gasteiger partial charge in [-0.1, -0.05) is 6.42 Å². The molecular formula is C19H24N2O2. The van der Waals surface area contributed by atoms with Crippen LogP contribution in [0.1, 0.15) is 48.9 Å². The number of carbonyl (C=O) groups is 1. The number of ketones is 1. The molecule has 0 aromatic heterocycles. The van der Waals surface area contributed by atoms with Crippen LogP contribution in [0.2, 0.25) is 0 Å². The molecule has 122 valence electrons. The smallest absolute Gasteiger partial charge is 0.166 e. The summed E-state index contributed by atoms with van der Waals surface area (Å²) in [6.45, 7) is 0.391. The van der Waals surface area contributed by atoms with Gasteiger partial charge in [0.2, 0.25) is 0 Å². The largest absolute Gasteiger partial charge is 0.493 e. The molecule has 4 heteroatoms. The van der Waals surface area contributed by atoms with Crippen LogP contribution >= 0.6 is 0 Å². The molecule has 2 fully saturated rings. The quantitative estimate of drug-likeness (QED) is 0.617. The molecule has 0 N–H and O–H groups in total. The van der Waals surface area contributed by atoms with E-state index in [1.54, 1.807) is 0 Å². The van der Waals surface area contributed by atoms with Crippen LogP contribution < -0.4 is 4.74 Å². The minimum absolute atomic E-state index is 0.159. The number of rotatable bonds is 5. The third-order valence-corrected chi connectivity index (χ3v) is 5.33. The third-order valence-electron chi connectivity index (χ3n) is 5.33. The van der Waals surface area contributed by atoms with Crippen LogP contribution in [0.15, 0.2) is 24.3 Å². The first kappa shape index (κ1) is 16.0. The van der Waals surface area contributed by atoms with Crippen molar-refractivity contribution in [3.8, 4) is 11.8 Å². The number of ether oxygens (including phenoxy) is 1. The molecule has 1 aromatic rings. The highest BCUT2D eigenvalue weighted by molar-refractivity contribution is 5.98. The molecule has 2 saturated heterocycles. The van der Waals surface area contributed by atoms with E-state index in [1.165, 1.54) is 19.3 Å². The average molecular weight is 312 g/mol. The summed E-state index contributed by atoms with van der Waals surface area (Å²) in [7, 11) is 2.21. The fraction of sp³-hybridized carbons (Fsp3) is 0.579. The van der Waals surface area contributed by atoms with Gasteiger partial charge < -0.3 is 9.64 Å². The van der Waals surface area contributed by atoms with E-state index in [0.29, 0.717) is 25.1 Å². The maximum Gasteiger partial charge on any atom is 0.166 e. The fourth-order valence-corrected chi connectivity index (χ4v) is 4.00. The van der Waals surface area contributed by atoms with Crippen LogP contribution in [0.3, 0.4) is 0 Å². The van der Waals surface area contributed by atoms with Gasteiger partial charge >= 0.3 is 0 Å². The lowest BCUT2D eigenvalue weighted by Gasteiger charge is -2.46. The van der Waals surface area contributed by atoms with Gasteiger partial charge in [0.25, 0.3) is 0 Å². The van der Waals surface area contributed by atoms with Gasteiger partial charge in [-0.05, 0) is 57.0 Å². The molecule has 4 nitrogen and oxygen atoms in total. The molecule has 3 rings (SSSR count). The Hall–Kier alpha value is -1.86. The Labute approximate surface area is 138 Å². The molecule has 2 heterocycles. The molecule has 0 spiro atoms. The molecule has 2 bridgehead atoms. The van der Waals surface area contributed by atoms with Crippen molar-refractivity contribution in [2.75, 3.05) is 13.7 Å². The Morgan fingerprint density at radius 2 is 1.91 bits per heavy atom. The first-order chi connectivity index (χ1) is 11.2. The van der Waals surface area contributed by atoms with Crippen molar-refractivity contribution in [2.24, 2.45) is 5.92 Å². The third kappa shape index (κ3) is 3.56. The van der Waals surface area contributed by atoms with Crippen LogP contribution in [0, 0.1) is 17.2 Å². The average Bonchev–Trinajstić information content (AvgIpc) is 2.55. The summed E-state index contributed by atoms with van der Waals surface area (Å²) in [5.41, 5.74) is 0.783. The van der Waals surface area contributed by atoms with Crippen molar-refractivity contribution in [2.45, 2.75) is 50.6 Å². The SMILES string of the molecule is CN1C2CCCC1CC(C(=O)c1ccc(OCCC#N)cc1)C2. The van der Waals surface area contributed by atoms with Crippen LogP contribution in [0.25, 0.3) is 0 Å². The maximum absolute atomic E-state index is 12.8. The van der Waals surface area contributed by atoms with Gasteiger partial charge in [0, 0.05) is 23.6 Å². The van der Waals surface area contributed by atoms with Crippen molar-refractivity contribution in [1.82, 2.24) is 4.90 Å². The number of piperidine rings is 2. The highest BCUT2D eigenvalue weighted by atomic mass is 16.5. The zero-order valence-electron chi connectivity index (χ0n) is 13.7. The standard InChI is InChI=1S/C19H24N2O2/c1-21-16-4-2-5-17(21)13-15(12-16)19(22)14-6-8-18(9-7-14)23-11-3-10-20/h6-9,15-17H,2-5,11-13H2,1H3. The molecule has 0 radical (unpaired) electrons. The van der Waals surface area contributed by atoms with Crippen LogP contribution in [0.4, 0.5) is 0 Å². The Morgan fingerprint density at radius 1 is 1.26 bits per heavy atom. The van der Waals surface area contributed by atoms with E-state index < -0.39 is 0 Å². The topological polar surface area (TPSA) is 53.3 Å². The predicted octanol–water partition coefficient (Wildman–Crippen LogP) is 3.42. The second-order valence-electron chi connectivity index (χ2n) is 6.72. The molecular weight excluding hydrogens is 288 g/mol. The Kier molecular flexibility index (Phi) is 4.97. The van der Waals surface area contributed by atoms with Gasteiger partial charge in [0.05, 0.1) is 12.5 Å². The van der Waals surface area contributed by atoms with Crippen molar-refractivity contribution < 1.29 is 9.53 Å². The highest BCUT2D eigenvalue weighted by Gasteiger charge is 2.38. The summed E-state index contributed by atoms with van der Waals surface area (Å²) in [6.07, 6.45) is 6.11. The van der Waals surface area contributed by atoms with Gasteiger partial charge in [-0.25, -0.2) is 0 Å². The van der Waals surface area contributed by atoms with Crippen molar-refractivity contribution in [3.05, 3.63) is 29.8 Å². The lowest BCUT2D eigenvalue weighted by atomic mass is 9.76. The van der Waals surface area contributed by atoms with Crippen molar-refractivity contribution in [3.63, 3.8) is 0 Å². The molecule has 0 aliphatic carbocycles. The minimum atomic E-state index is 0.159. The molecule has 23 heavy (non-hydrogen) atoms. The Morgan fingerprint density at radius 3 is 2.52 bits per heavy atom. The molecule has 2 atom stereocenters. The molecule has 0 saturated carbocycles. The summed E-state index contributed by atoms with van der Waals surface area (Å²) in [5.74, 6) is 1.16. The molecule has 0 amide bonds. The van der Waals surface area contributed by atoms with Gasteiger partial charge in [0.15, 0.2) is 5.78 Å². The van der Waals surface area contributed by atoms with Crippen LogP contribution in [-0.2, 0) is 0 Å². The number of hydrogen-bond acceptors (Lipinski definition) is 4. The zero-order valence-corrected chi connectivity index (χ0v) is 13.7. The summed E-state index contributed by atoms with van der Waals surface area (Å²) >= 11 is 0. The van der Waals surface area contributed by atoms with E-state index in [4.69, 9.17) is 10.00 Å².